The summed E-state index contributed by atoms with van der Waals surface area (Å²) >= 11 is 3.08. The molecule has 6 heteroatoms. The molecule has 2 heterocycles. The van der Waals surface area contributed by atoms with Crippen molar-refractivity contribution in [2.75, 3.05) is 5.32 Å². The van der Waals surface area contributed by atoms with Crippen molar-refractivity contribution in [2.24, 2.45) is 0 Å². The van der Waals surface area contributed by atoms with Gasteiger partial charge in [-0.3, -0.25) is 4.79 Å². The minimum Gasteiger partial charge on any atom is -0.320 e. The van der Waals surface area contributed by atoms with Crippen molar-refractivity contribution < 1.29 is 4.79 Å². The molecule has 1 amide bonds. The Kier molecular flexibility index (Phi) is 3.84. The van der Waals surface area contributed by atoms with E-state index in [-0.39, 0.29) is 5.91 Å². The van der Waals surface area contributed by atoms with Crippen LogP contribution in [-0.4, -0.2) is 15.9 Å². The highest BCUT2D eigenvalue weighted by Crippen LogP contribution is 2.34. The summed E-state index contributed by atoms with van der Waals surface area (Å²) in [5, 5.41) is 6.49. The van der Waals surface area contributed by atoms with Crippen LogP contribution in [0.3, 0.4) is 0 Å². The van der Waals surface area contributed by atoms with Crippen molar-refractivity contribution >= 4 is 44.5 Å². The molecule has 118 valence electrons. The number of aromatic nitrogens is 2. The Morgan fingerprint density at radius 2 is 1.83 bits per heavy atom. The second kappa shape index (κ2) is 6.14. The van der Waals surface area contributed by atoms with E-state index >= 15 is 0 Å². The summed E-state index contributed by atoms with van der Waals surface area (Å²) in [4.78, 5) is 21.3. The number of nitrogens with one attached hydrogen (secondary N) is 1. The van der Waals surface area contributed by atoms with Gasteiger partial charge in [0.2, 0.25) is 0 Å². The lowest BCUT2D eigenvalue weighted by Crippen LogP contribution is -2.13. The number of anilines is 1. The third kappa shape index (κ3) is 2.81. The van der Waals surface area contributed by atoms with E-state index in [9.17, 15) is 4.79 Å². The topological polar surface area (TPSA) is 54.9 Å². The van der Waals surface area contributed by atoms with Crippen LogP contribution in [0.25, 0.3) is 20.8 Å². The first-order chi connectivity index (χ1) is 11.7. The molecule has 24 heavy (non-hydrogen) atoms. The lowest BCUT2D eigenvalue weighted by molar-refractivity contribution is 0.102. The number of amides is 1. The van der Waals surface area contributed by atoms with E-state index in [0.29, 0.717) is 5.69 Å². The minimum atomic E-state index is -0.201. The molecule has 0 atom stereocenters. The number of carbonyl (C=O) groups is 1. The van der Waals surface area contributed by atoms with Gasteiger partial charge in [0.1, 0.15) is 10.7 Å². The minimum absolute atomic E-state index is 0.201. The summed E-state index contributed by atoms with van der Waals surface area (Å²) in [6.45, 7) is 1.89. The zero-order valence-corrected chi connectivity index (χ0v) is 14.4. The van der Waals surface area contributed by atoms with E-state index in [1.165, 1.54) is 11.3 Å². The number of hydrogen-bond acceptors (Lipinski definition) is 5. The van der Waals surface area contributed by atoms with Gasteiger partial charge >= 0.3 is 0 Å². The molecule has 0 spiro atoms. The maximum Gasteiger partial charge on any atom is 0.275 e. The second-order valence-corrected chi connectivity index (χ2v) is 7.33. The van der Waals surface area contributed by atoms with Gasteiger partial charge in [0.15, 0.2) is 0 Å². The van der Waals surface area contributed by atoms with Gasteiger partial charge in [-0.2, -0.15) is 0 Å². The highest BCUT2D eigenvalue weighted by molar-refractivity contribution is 7.21. The summed E-state index contributed by atoms with van der Waals surface area (Å²) in [6.07, 6.45) is 0. The van der Waals surface area contributed by atoms with Gasteiger partial charge in [-0.05, 0) is 31.2 Å². The van der Waals surface area contributed by atoms with Crippen LogP contribution in [0.2, 0.25) is 0 Å². The molecule has 0 aliphatic heterocycles. The summed E-state index contributed by atoms with van der Waals surface area (Å²) in [5.41, 5.74) is 3.07. The SMILES string of the molecule is Cc1nc(C(=O)Nc2ccccc2-c2nc3ccccc3s2)cs1. The largest absolute Gasteiger partial charge is 0.320 e. The second-order valence-electron chi connectivity index (χ2n) is 5.24. The highest BCUT2D eigenvalue weighted by atomic mass is 32.1. The van der Waals surface area contributed by atoms with E-state index in [4.69, 9.17) is 0 Å². The first-order valence-electron chi connectivity index (χ1n) is 7.39. The Morgan fingerprint density at radius 1 is 1.04 bits per heavy atom. The van der Waals surface area contributed by atoms with Crippen molar-refractivity contribution in [3.05, 3.63) is 64.6 Å². The van der Waals surface area contributed by atoms with E-state index in [2.05, 4.69) is 21.4 Å². The van der Waals surface area contributed by atoms with E-state index < -0.39 is 0 Å². The number of hydrogen-bond donors (Lipinski definition) is 1. The number of benzene rings is 2. The van der Waals surface area contributed by atoms with Crippen LogP contribution in [0.4, 0.5) is 5.69 Å². The molecule has 0 bridgehead atoms. The summed E-state index contributed by atoms with van der Waals surface area (Å²) in [7, 11) is 0. The molecular formula is C18H13N3OS2. The zero-order chi connectivity index (χ0) is 16.5. The maximum atomic E-state index is 12.4. The molecule has 4 rings (SSSR count). The average Bonchev–Trinajstić information content (AvgIpc) is 3.21. The van der Waals surface area contributed by atoms with Crippen molar-refractivity contribution in [1.82, 2.24) is 9.97 Å². The van der Waals surface area contributed by atoms with Crippen LogP contribution >= 0.6 is 22.7 Å². The third-order valence-electron chi connectivity index (χ3n) is 3.55. The molecule has 4 nitrogen and oxygen atoms in total. The molecular weight excluding hydrogens is 338 g/mol. The fourth-order valence-electron chi connectivity index (χ4n) is 2.42. The fourth-order valence-corrected chi connectivity index (χ4v) is 4.02. The molecule has 0 aliphatic rings. The smallest absolute Gasteiger partial charge is 0.275 e. The Morgan fingerprint density at radius 3 is 2.62 bits per heavy atom. The number of carbonyl (C=O) groups excluding carboxylic acids is 1. The van der Waals surface area contributed by atoms with Gasteiger partial charge in [-0.15, -0.1) is 22.7 Å². The van der Waals surface area contributed by atoms with Gasteiger partial charge in [0.05, 0.1) is 20.9 Å². The summed E-state index contributed by atoms with van der Waals surface area (Å²) in [6, 6.07) is 15.7. The number of aryl methyl sites for hydroxylation is 1. The predicted octanol–water partition coefficient (Wildman–Crippen LogP) is 4.98. The quantitative estimate of drug-likeness (QED) is 0.566. The highest BCUT2D eigenvalue weighted by Gasteiger charge is 2.14. The van der Waals surface area contributed by atoms with E-state index in [0.717, 1.165) is 31.5 Å². The Bertz CT molecular complexity index is 1000. The van der Waals surface area contributed by atoms with Crippen LogP contribution in [0.1, 0.15) is 15.5 Å². The van der Waals surface area contributed by atoms with Crippen LogP contribution in [0.15, 0.2) is 53.9 Å². The zero-order valence-electron chi connectivity index (χ0n) is 12.8. The fraction of sp³-hybridized carbons (Fsp3) is 0.0556. The molecule has 2 aromatic carbocycles. The van der Waals surface area contributed by atoms with Gasteiger partial charge in [0, 0.05) is 10.9 Å². The Hall–Kier alpha value is -2.57. The monoisotopic (exact) mass is 351 g/mol. The van der Waals surface area contributed by atoms with Crippen molar-refractivity contribution in [3.8, 4) is 10.6 Å². The van der Waals surface area contributed by atoms with E-state index in [1.54, 1.807) is 16.7 Å². The Balaban J connectivity index is 1.71. The van der Waals surface area contributed by atoms with Crippen LogP contribution in [0, 0.1) is 6.92 Å². The van der Waals surface area contributed by atoms with Crippen molar-refractivity contribution in [1.29, 1.82) is 0 Å². The molecule has 0 fully saturated rings. The number of rotatable bonds is 3. The lowest BCUT2D eigenvalue weighted by Gasteiger charge is -2.08. The lowest BCUT2D eigenvalue weighted by atomic mass is 10.2. The standard InChI is InChI=1S/C18H13N3OS2/c1-11-19-15(10-23-11)17(22)20-13-7-3-2-6-12(13)18-21-14-8-4-5-9-16(14)24-18/h2-10H,1H3,(H,20,22). The Labute approximate surface area is 146 Å². The number of thiazole rings is 2. The summed E-state index contributed by atoms with van der Waals surface area (Å²) < 4.78 is 1.13. The van der Waals surface area contributed by atoms with Crippen LogP contribution in [-0.2, 0) is 0 Å². The third-order valence-corrected chi connectivity index (χ3v) is 5.39. The molecule has 0 saturated carbocycles. The van der Waals surface area contributed by atoms with Crippen molar-refractivity contribution in [2.45, 2.75) is 6.92 Å². The molecule has 0 unspecified atom stereocenters. The van der Waals surface area contributed by atoms with Crippen LogP contribution in [0.5, 0.6) is 0 Å². The van der Waals surface area contributed by atoms with Crippen LogP contribution < -0.4 is 5.32 Å². The van der Waals surface area contributed by atoms with Gasteiger partial charge < -0.3 is 5.32 Å². The molecule has 4 aromatic rings. The molecule has 2 aromatic heterocycles. The first-order valence-corrected chi connectivity index (χ1v) is 9.09. The molecule has 0 aliphatic carbocycles. The normalized spacial score (nSPS) is 10.9. The molecule has 0 radical (unpaired) electrons. The van der Waals surface area contributed by atoms with Crippen molar-refractivity contribution in [3.63, 3.8) is 0 Å². The predicted molar refractivity (Wildman–Crippen MR) is 99.9 cm³/mol. The van der Waals surface area contributed by atoms with Gasteiger partial charge in [-0.25, -0.2) is 9.97 Å². The molecule has 0 saturated heterocycles. The number of para-hydroxylation sites is 2. The maximum absolute atomic E-state index is 12.4. The summed E-state index contributed by atoms with van der Waals surface area (Å²) in [5.74, 6) is -0.201. The van der Waals surface area contributed by atoms with Gasteiger partial charge in [0.25, 0.3) is 5.91 Å². The molecule has 1 N–H and O–H groups in total. The first kappa shape index (κ1) is 15.0. The van der Waals surface area contributed by atoms with Gasteiger partial charge in [-0.1, -0.05) is 24.3 Å². The number of fused-ring (bicyclic) bond motifs is 1. The van der Waals surface area contributed by atoms with E-state index in [1.807, 2.05) is 49.4 Å². The number of nitrogens with zero attached hydrogens (tertiary/aromatic N) is 2. The average molecular weight is 351 g/mol.